The summed E-state index contributed by atoms with van der Waals surface area (Å²) < 4.78 is 0. The number of hydrogen-bond acceptors (Lipinski definition) is 18. The number of likely N-dealkylation sites (N-methyl/N-ethyl adjacent to an activating group) is 4. The number of hydrogen-bond donors (Lipinski definition) is 2. The molecule has 9 aliphatic rings. The summed E-state index contributed by atoms with van der Waals surface area (Å²) in [6, 6.07) is 0. The molecule has 0 saturated carbocycles. The van der Waals surface area contributed by atoms with E-state index in [2.05, 4.69) is 112 Å². The zero-order chi connectivity index (χ0) is 45.8. The van der Waals surface area contributed by atoms with E-state index < -0.39 is 0 Å². The van der Waals surface area contributed by atoms with Crippen molar-refractivity contribution in [1.82, 2.24) is 60.1 Å². The maximum Gasteiger partial charge on any atom is 0.139 e. The van der Waals surface area contributed by atoms with Crippen molar-refractivity contribution >= 4 is 18.6 Å². The smallest absolute Gasteiger partial charge is 0.139 e. The molecule has 348 valence electrons. The first kappa shape index (κ1) is 46.2. The molecule has 9 heterocycles. The van der Waals surface area contributed by atoms with E-state index in [0.29, 0.717) is 20.0 Å². The number of nitrogens with zero attached hydrogens (tertiary/aromatic N) is 13. The lowest BCUT2D eigenvalue weighted by molar-refractivity contribution is -0.0972. The van der Waals surface area contributed by atoms with Gasteiger partial charge in [-0.15, -0.1) is 0 Å². The Labute approximate surface area is 381 Å². The molecular formula is C46H71N15O3. The Kier molecular flexibility index (Phi) is 14.4. The third-order valence-electron chi connectivity index (χ3n) is 12.2. The number of allylic oxidation sites excluding steroid dienone is 3. The molecule has 0 bridgehead atoms. The molecule has 0 saturated heterocycles. The lowest BCUT2D eigenvalue weighted by Gasteiger charge is -2.42. The highest BCUT2D eigenvalue weighted by molar-refractivity contribution is 5.83. The van der Waals surface area contributed by atoms with Crippen LogP contribution < -0.4 is 10.6 Å². The van der Waals surface area contributed by atoms with Crippen LogP contribution in [0.1, 0.15) is 61.3 Å². The molecule has 2 N–H and O–H groups in total. The van der Waals surface area contributed by atoms with Crippen LogP contribution in [0.3, 0.4) is 0 Å². The number of hydroxylamine groups is 6. The lowest BCUT2D eigenvalue weighted by Crippen LogP contribution is -2.43. The quantitative estimate of drug-likeness (QED) is 0.283. The lowest BCUT2D eigenvalue weighted by atomic mass is 10.1. The number of aliphatic imine (C=N–C) groups is 3. The van der Waals surface area contributed by atoms with E-state index in [9.17, 15) is 0 Å². The van der Waals surface area contributed by atoms with Crippen molar-refractivity contribution in [3.63, 3.8) is 0 Å². The molecule has 0 aromatic rings. The van der Waals surface area contributed by atoms with E-state index in [-0.39, 0.29) is 0 Å². The van der Waals surface area contributed by atoms with Gasteiger partial charge in [0.25, 0.3) is 0 Å². The number of nitrogens with one attached hydrogen (secondary N) is 2. The van der Waals surface area contributed by atoms with Crippen molar-refractivity contribution < 1.29 is 14.5 Å². The van der Waals surface area contributed by atoms with Gasteiger partial charge in [-0.05, 0) is 64.2 Å². The van der Waals surface area contributed by atoms with Gasteiger partial charge in [0.1, 0.15) is 54.6 Å². The van der Waals surface area contributed by atoms with Crippen LogP contribution in [-0.2, 0) is 14.5 Å². The topological polar surface area (TPSA) is 121 Å². The summed E-state index contributed by atoms with van der Waals surface area (Å²) >= 11 is 0. The normalized spacial score (nSPS) is 20.8. The Morgan fingerprint density at radius 3 is 1.41 bits per heavy atom. The molecule has 9 rings (SSSR count). The molecule has 0 spiro atoms. The molecule has 18 heteroatoms. The van der Waals surface area contributed by atoms with Crippen LogP contribution in [-0.4, -0.2) is 176 Å². The van der Waals surface area contributed by atoms with E-state index in [4.69, 9.17) is 24.5 Å². The van der Waals surface area contributed by atoms with Crippen LogP contribution in [0.15, 0.2) is 119 Å². The third-order valence-corrected chi connectivity index (χ3v) is 12.2. The molecule has 64 heavy (non-hydrogen) atoms. The van der Waals surface area contributed by atoms with Crippen molar-refractivity contribution in [3.05, 3.63) is 104 Å². The van der Waals surface area contributed by atoms with E-state index >= 15 is 0 Å². The summed E-state index contributed by atoms with van der Waals surface area (Å²) in [5.74, 6) is 3.55. The number of fused-ring (bicyclic) bond motifs is 6. The molecule has 0 unspecified atom stereocenters. The van der Waals surface area contributed by atoms with Crippen LogP contribution in [0.5, 0.6) is 0 Å². The van der Waals surface area contributed by atoms with Gasteiger partial charge in [-0.2, -0.15) is 0 Å². The first-order valence-corrected chi connectivity index (χ1v) is 22.6. The highest BCUT2D eigenvalue weighted by Crippen LogP contribution is 2.39. The maximum atomic E-state index is 5.36. The van der Waals surface area contributed by atoms with Crippen molar-refractivity contribution in [2.45, 2.75) is 61.3 Å². The fraction of sp³-hybridized carbons (Fsp3) is 0.543. The highest BCUT2D eigenvalue weighted by atomic mass is 16.7. The first-order chi connectivity index (χ1) is 30.9. The molecule has 0 aliphatic carbocycles. The third kappa shape index (κ3) is 8.69. The average molecular weight is 882 g/mol. The minimum Gasteiger partial charge on any atom is -0.386 e. The molecule has 0 aromatic carbocycles. The van der Waals surface area contributed by atoms with Crippen LogP contribution in [0, 0.1) is 0 Å². The van der Waals surface area contributed by atoms with Gasteiger partial charge in [0.05, 0.1) is 92.8 Å². The monoisotopic (exact) mass is 882 g/mol. The van der Waals surface area contributed by atoms with Gasteiger partial charge in [-0.25, -0.2) is 30.2 Å². The molecule has 0 radical (unpaired) electrons. The standard InChI is InChI=1S/2C16H25N5O.C14H21N5O/c1-6-7-19-9-12(2)15(18(3)4)14-16(19)21-11-20(22-5)10-13(21)8-17-14;1-5-7-19-9-12(3)14(17-6-2)15-16(19)21-11-20(22-4)10-13(21)8-18-15;1-5-17-7-10(2)12(15-3)13-14(17)19-9-18(20-4)8-11(19)6-16-13/h8,10H,6-7,9,11H2,1-5H3;8,10,17H,5-7,9,11H2,1-4H3;6,8,15H,5,7,9H2,1-4H3. The predicted molar refractivity (Wildman–Crippen MR) is 253 cm³/mol. The van der Waals surface area contributed by atoms with Gasteiger partial charge in [0.15, 0.2) is 0 Å². The number of rotatable bonds is 12. The fourth-order valence-corrected chi connectivity index (χ4v) is 9.51. The maximum absolute atomic E-state index is 5.36. The van der Waals surface area contributed by atoms with Gasteiger partial charge in [0.2, 0.25) is 0 Å². The minimum absolute atomic E-state index is 0.698. The van der Waals surface area contributed by atoms with E-state index in [1.165, 1.54) is 39.8 Å². The average Bonchev–Trinajstić information content (AvgIpc) is 4.04. The minimum atomic E-state index is 0.698. The van der Waals surface area contributed by atoms with E-state index in [0.717, 1.165) is 104 Å². The van der Waals surface area contributed by atoms with Gasteiger partial charge >= 0.3 is 0 Å². The van der Waals surface area contributed by atoms with Crippen LogP contribution in [0.25, 0.3) is 0 Å². The summed E-state index contributed by atoms with van der Waals surface area (Å²) in [4.78, 5) is 46.4. The second-order valence-corrected chi connectivity index (χ2v) is 16.9. The molecule has 0 aromatic heterocycles. The molecule has 0 atom stereocenters. The van der Waals surface area contributed by atoms with E-state index in [1.807, 2.05) is 59.5 Å². The van der Waals surface area contributed by atoms with Gasteiger partial charge in [-0.3, -0.25) is 14.5 Å². The highest BCUT2D eigenvalue weighted by Gasteiger charge is 2.39. The summed E-state index contributed by atoms with van der Waals surface area (Å²) in [5, 5.41) is 12.3. The zero-order valence-corrected chi connectivity index (χ0v) is 40.5. The largest absolute Gasteiger partial charge is 0.386 e. The molecule has 18 nitrogen and oxygen atoms in total. The van der Waals surface area contributed by atoms with Crippen molar-refractivity contribution in [2.75, 3.05) is 108 Å². The predicted octanol–water partition coefficient (Wildman–Crippen LogP) is 4.65. The van der Waals surface area contributed by atoms with Crippen molar-refractivity contribution in [1.29, 1.82) is 0 Å². The summed E-state index contributed by atoms with van der Waals surface area (Å²) in [5.41, 5.74) is 13.9. The van der Waals surface area contributed by atoms with Gasteiger partial charge < -0.3 is 44.9 Å². The Balaban J connectivity index is 0.000000144. The summed E-state index contributed by atoms with van der Waals surface area (Å²) in [6.07, 6.45) is 14.0. The Morgan fingerprint density at radius 2 is 0.984 bits per heavy atom. The summed E-state index contributed by atoms with van der Waals surface area (Å²) in [7, 11) is 11.2. The SMILES string of the molecule is CCCN1CC(C)=C(N(C)C)C2=C1N1CN(OC)C=C1C=N2.CCCN1CC(C)=C(NCC)C2=C1N1CN(OC)C=C1C=N2.CCN1CC(C)=C(NC)C2=C1N1CN(OC)C=C1C=N2. The molecule has 0 amide bonds. The van der Waals surface area contributed by atoms with Crippen LogP contribution >= 0.6 is 0 Å². The van der Waals surface area contributed by atoms with Crippen molar-refractivity contribution in [3.8, 4) is 0 Å². The van der Waals surface area contributed by atoms with Crippen LogP contribution in [0.4, 0.5) is 0 Å². The molecular weight excluding hydrogens is 811 g/mol. The van der Waals surface area contributed by atoms with Gasteiger partial charge in [0, 0.05) is 67.0 Å². The second kappa shape index (κ2) is 19.9. The van der Waals surface area contributed by atoms with Crippen molar-refractivity contribution in [2.24, 2.45) is 15.0 Å². The second-order valence-electron chi connectivity index (χ2n) is 16.9. The zero-order valence-electron chi connectivity index (χ0n) is 40.5. The van der Waals surface area contributed by atoms with E-state index in [1.54, 1.807) is 21.3 Å². The molecule has 9 aliphatic heterocycles. The molecule has 0 fully saturated rings. The van der Waals surface area contributed by atoms with Gasteiger partial charge in [-0.1, -0.05) is 13.8 Å². The first-order valence-electron chi connectivity index (χ1n) is 22.6. The Bertz CT molecular complexity index is 2190. The Hall–Kier alpha value is -5.85. The fourth-order valence-electron chi connectivity index (χ4n) is 9.51. The van der Waals surface area contributed by atoms with Crippen LogP contribution in [0.2, 0.25) is 0 Å². The summed E-state index contributed by atoms with van der Waals surface area (Å²) in [6.45, 7) is 24.1. The Morgan fingerprint density at radius 1 is 0.578 bits per heavy atom.